The summed E-state index contributed by atoms with van der Waals surface area (Å²) in [5.41, 5.74) is 1.24. The molecule has 0 amide bonds. The number of aromatic carboxylic acids is 1. The number of rotatable bonds is 3. The van der Waals surface area contributed by atoms with E-state index in [1.165, 1.54) is 32.0 Å². The van der Waals surface area contributed by atoms with E-state index < -0.39 is 5.97 Å². The fourth-order valence-electron chi connectivity index (χ4n) is 3.07. The van der Waals surface area contributed by atoms with Crippen LogP contribution in [0.2, 0.25) is 0 Å². The van der Waals surface area contributed by atoms with E-state index in [1.807, 2.05) is 6.07 Å². The number of piperidine rings is 1. The van der Waals surface area contributed by atoms with E-state index in [0.717, 1.165) is 24.2 Å². The van der Waals surface area contributed by atoms with Crippen molar-refractivity contribution in [2.75, 3.05) is 6.54 Å². The van der Waals surface area contributed by atoms with E-state index in [9.17, 15) is 4.79 Å². The van der Waals surface area contributed by atoms with Crippen molar-refractivity contribution in [2.24, 2.45) is 5.92 Å². The van der Waals surface area contributed by atoms with Gasteiger partial charge in [0.15, 0.2) is 0 Å². The molecule has 1 aromatic rings. The van der Waals surface area contributed by atoms with Crippen LogP contribution in [0.3, 0.4) is 0 Å². The molecule has 1 N–H and O–H groups in total. The summed E-state index contributed by atoms with van der Waals surface area (Å²) in [7, 11) is 0. The summed E-state index contributed by atoms with van der Waals surface area (Å²) >= 11 is 0. The van der Waals surface area contributed by atoms with Crippen LogP contribution in [0.25, 0.3) is 0 Å². The maximum atomic E-state index is 10.7. The first-order chi connectivity index (χ1) is 8.22. The number of carboxylic acid groups (broad SMARTS) is 1. The Bertz CT molecular complexity index is 430. The Balaban J connectivity index is 1.67. The quantitative estimate of drug-likeness (QED) is 0.862. The second kappa shape index (κ2) is 4.11. The standard InChI is InChI=1S/C13H16N2O2/c16-13(17)10-2-3-11(14-6-10)8-15-7-9-1-4-12(15)5-9/h2-3,6,9,12H,1,4-5,7-8H2,(H,16,17). The number of likely N-dealkylation sites (tertiary alicyclic amines) is 1. The van der Waals surface area contributed by atoms with Crippen LogP contribution >= 0.6 is 0 Å². The third-order valence-electron chi connectivity index (χ3n) is 3.96. The number of aromatic nitrogens is 1. The maximum Gasteiger partial charge on any atom is 0.337 e. The number of carboxylic acids is 1. The summed E-state index contributed by atoms with van der Waals surface area (Å²) in [5, 5.41) is 8.80. The second-order valence-electron chi connectivity index (χ2n) is 5.11. The summed E-state index contributed by atoms with van der Waals surface area (Å²) in [6.07, 6.45) is 5.49. The van der Waals surface area contributed by atoms with Crippen LogP contribution in [-0.2, 0) is 6.54 Å². The normalized spacial score (nSPS) is 27.5. The van der Waals surface area contributed by atoms with E-state index >= 15 is 0 Å². The van der Waals surface area contributed by atoms with Gasteiger partial charge in [0.05, 0.1) is 11.3 Å². The zero-order valence-electron chi connectivity index (χ0n) is 9.67. The van der Waals surface area contributed by atoms with E-state index in [4.69, 9.17) is 5.11 Å². The van der Waals surface area contributed by atoms with Crippen LogP contribution in [0.4, 0.5) is 0 Å². The Morgan fingerprint density at radius 2 is 2.35 bits per heavy atom. The van der Waals surface area contributed by atoms with Crippen molar-refractivity contribution < 1.29 is 9.90 Å². The van der Waals surface area contributed by atoms with Crippen molar-refractivity contribution in [3.63, 3.8) is 0 Å². The molecular formula is C13H16N2O2. The van der Waals surface area contributed by atoms with Gasteiger partial charge >= 0.3 is 5.97 Å². The lowest BCUT2D eigenvalue weighted by molar-refractivity contribution is 0.0696. The van der Waals surface area contributed by atoms with Gasteiger partial charge in [0, 0.05) is 25.3 Å². The van der Waals surface area contributed by atoms with Gasteiger partial charge in [0.25, 0.3) is 0 Å². The first kappa shape index (κ1) is 10.7. The van der Waals surface area contributed by atoms with Crippen LogP contribution in [0.1, 0.15) is 35.3 Å². The van der Waals surface area contributed by atoms with Gasteiger partial charge in [0.1, 0.15) is 0 Å². The molecule has 1 aromatic heterocycles. The highest BCUT2D eigenvalue weighted by Gasteiger charge is 2.37. The fraction of sp³-hybridized carbons (Fsp3) is 0.538. The van der Waals surface area contributed by atoms with E-state index in [1.54, 1.807) is 6.07 Å². The van der Waals surface area contributed by atoms with Crippen molar-refractivity contribution in [2.45, 2.75) is 31.8 Å². The van der Waals surface area contributed by atoms with Crippen molar-refractivity contribution in [1.29, 1.82) is 0 Å². The van der Waals surface area contributed by atoms with Gasteiger partial charge in [-0.25, -0.2) is 4.79 Å². The molecule has 4 heteroatoms. The van der Waals surface area contributed by atoms with Crippen LogP contribution in [-0.4, -0.2) is 33.5 Å². The predicted molar refractivity (Wildman–Crippen MR) is 62.7 cm³/mol. The zero-order chi connectivity index (χ0) is 11.8. The third kappa shape index (κ3) is 2.05. The number of pyridine rings is 1. The fourth-order valence-corrected chi connectivity index (χ4v) is 3.07. The molecule has 3 rings (SSSR count). The van der Waals surface area contributed by atoms with Crippen LogP contribution in [0, 0.1) is 5.92 Å². The molecule has 2 bridgehead atoms. The summed E-state index contributed by atoms with van der Waals surface area (Å²) in [5.74, 6) is -0.0254. The van der Waals surface area contributed by atoms with Gasteiger partial charge in [0.2, 0.25) is 0 Å². The SMILES string of the molecule is O=C(O)c1ccc(CN2CC3CCC2C3)nc1. The average molecular weight is 232 g/mol. The molecule has 2 aliphatic rings. The van der Waals surface area contributed by atoms with Gasteiger partial charge in [-0.1, -0.05) is 0 Å². The van der Waals surface area contributed by atoms with Gasteiger partial charge < -0.3 is 5.11 Å². The Morgan fingerprint density at radius 1 is 1.47 bits per heavy atom. The van der Waals surface area contributed by atoms with Crippen molar-refractivity contribution in [1.82, 2.24) is 9.88 Å². The van der Waals surface area contributed by atoms with E-state index in [2.05, 4.69) is 9.88 Å². The molecule has 17 heavy (non-hydrogen) atoms. The first-order valence-electron chi connectivity index (χ1n) is 6.14. The summed E-state index contributed by atoms with van der Waals surface area (Å²) in [4.78, 5) is 17.4. The molecule has 1 aliphatic heterocycles. The molecular weight excluding hydrogens is 216 g/mol. The van der Waals surface area contributed by atoms with Crippen LogP contribution < -0.4 is 0 Å². The smallest absolute Gasteiger partial charge is 0.337 e. The lowest BCUT2D eigenvalue weighted by Crippen LogP contribution is -2.31. The lowest BCUT2D eigenvalue weighted by Gasteiger charge is -2.26. The zero-order valence-corrected chi connectivity index (χ0v) is 9.67. The lowest BCUT2D eigenvalue weighted by atomic mass is 10.1. The highest BCUT2D eigenvalue weighted by atomic mass is 16.4. The average Bonchev–Trinajstić information content (AvgIpc) is 2.91. The van der Waals surface area contributed by atoms with Crippen LogP contribution in [0.15, 0.2) is 18.3 Å². The topological polar surface area (TPSA) is 53.4 Å². The number of fused-ring (bicyclic) bond motifs is 2. The Morgan fingerprint density at radius 3 is 2.88 bits per heavy atom. The molecule has 1 aliphatic carbocycles. The van der Waals surface area contributed by atoms with Crippen LogP contribution in [0.5, 0.6) is 0 Å². The molecule has 2 atom stereocenters. The van der Waals surface area contributed by atoms with Crippen molar-refractivity contribution >= 4 is 5.97 Å². The summed E-state index contributed by atoms with van der Waals surface area (Å²) in [6, 6.07) is 4.20. The molecule has 0 aromatic carbocycles. The summed E-state index contributed by atoms with van der Waals surface area (Å²) < 4.78 is 0. The number of carbonyl (C=O) groups is 1. The molecule has 0 spiro atoms. The van der Waals surface area contributed by atoms with Crippen molar-refractivity contribution in [3.8, 4) is 0 Å². The number of hydrogen-bond acceptors (Lipinski definition) is 3. The Hall–Kier alpha value is -1.42. The molecule has 2 heterocycles. The highest BCUT2D eigenvalue weighted by Crippen LogP contribution is 2.37. The Labute approximate surface area is 100 Å². The summed E-state index contributed by atoms with van der Waals surface area (Å²) in [6.45, 7) is 2.05. The van der Waals surface area contributed by atoms with Gasteiger partial charge in [-0.2, -0.15) is 0 Å². The van der Waals surface area contributed by atoms with Gasteiger partial charge in [-0.3, -0.25) is 9.88 Å². The van der Waals surface area contributed by atoms with Gasteiger partial charge in [-0.05, 0) is 37.3 Å². The molecule has 1 saturated carbocycles. The number of hydrogen-bond donors (Lipinski definition) is 1. The first-order valence-corrected chi connectivity index (χ1v) is 6.14. The Kier molecular flexibility index (Phi) is 2.59. The largest absolute Gasteiger partial charge is 0.478 e. The molecule has 2 unspecified atom stereocenters. The van der Waals surface area contributed by atoms with E-state index in [-0.39, 0.29) is 5.56 Å². The molecule has 0 radical (unpaired) electrons. The molecule has 90 valence electrons. The minimum absolute atomic E-state index is 0.261. The second-order valence-corrected chi connectivity index (χ2v) is 5.11. The highest BCUT2D eigenvalue weighted by molar-refractivity contribution is 5.87. The predicted octanol–water partition coefficient (Wildman–Crippen LogP) is 1.76. The minimum Gasteiger partial charge on any atom is -0.478 e. The monoisotopic (exact) mass is 232 g/mol. The van der Waals surface area contributed by atoms with Crippen molar-refractivity contribution in [3.05, 3.63) is 29.6 Å². The van der Waals surface area contributed by atoms with Gasteiger partial charge in [-0.15, -0.1) is 0 Å². The van der Waals surface area contributed by atoms with E-state index in [0.29, 0.717) is 0 Å². The third-order valence-corrected chi connectivity index (χ3v) is 3.96. The molecule has 1 saturated heterocycles. The number of nitrogens with zero attached hydrogens (tertiary/aromatic N) is 2. The minimum atomic E-state index is -0.913. The maximum absolute atomic E-state index is 10.7. The molecule has 2 fully saturated rings. The molecule has 4 nitrogen and oxygen atoms in total.